The minimum absolute atomic E-state index is 0.151. The molecule has 25 heteroatoms. The number of allylic oxidation sites excluding steroid dienone is 4. The molecule has 11 atom stereocenters. The van der Waals surface area contributed by atoms with Crippen LogP contribution in [0.4, 0.5) is 0 Å². The molecule has 5 fully saturated rings. The van der Waals surface area contributed by atoms with E-state index in [1.54, 1.807) is 76.3 Å². The van der Waals surface area contributed by atoms with Crippen LogP contribution >= 0.6 is 0 Å². The van der Waals surface area contributed by atoms with E-state index in [1.807, 2.05) is 12.1 Å². The Morgan fingerprint density at radius 2 is 0.538 bits per heavy atom. The molecule has 0 radical (unpaired) electrons. The summed E-state index contributed by atoms with van der Waals surface area (Å²) < 4.78 is 96.4. The molecular formula is C107H69NO24. The lowest BCUT2D eigenvalue weighted by Crippen LogP contribution is -2.41. The second-order valence-electron chi connectivity index (χ2n) is 41.0. The molecule has 5 saturated carbocycles. The third-order valence-corrected chi connectivity index (χ3v) is 40.5. The molecule has 10 spiro atoms. The fraction of sp³-hybridized carbons (Fsp3) is 0.402. The fourth-order valence-corrected chi connectivity index (χ4v) is 40.8. The van der Waals surface area contributed by atoms with Crippen LogP contribution in [0.5, 0.6) is 5.75 Å². The standard InChI is InChI=1S/C107H69NO24/c1-12-122-82(109)103(83(110)123-13-2)93-62-36-34-35-38-40-37(34)61-41-39(36)64(93)46-47-67-43-44-60-52-55-72-49-50(65(38)95-74(49)57-56-73-48(45(62)63(35)94(73,95)104(95,84(111)124-14-3)85(112)125-15-4)71-54-51(69(47)97(71,93)103)59(43)92(60,108(79(54)56)80(55)57)32-22-24-33(25-23-32)132-31-30-121-29-28-120-27-26-119-11)77-75(40)101-81-58-53(70(52)98(72)102(77,81)106(98,88(115)128-18-7)89(116)129-19-8)68(44)99-78(58)76(100(61,101)107(101,90(117)130-20-9)91(118)131-21-10)42(41)66(46)96(67,99)105(99,86(113)126-16-5)87(114)127-17-6/h22-25H,12-21,26-31H2,1-11H3. The number of carbonyl (C=O) groups excluding carboxylic acids is 10. The SMILES string of the molecule is CCOC(=O)C1(C(=O)OCC)C23C4=C5C6=C7c8c9c%10c%11c%12c8c(c8c%13c%14c%15c%16c(c%13%12)C%11%12C(C(=O)OCC)(C(=O)OCC)C%12%11c%12c%13c%17c%18c(c%12-%10)C9%10C(C(=O)OCC)(C(=O)OCC)C6%10c6c5c5c9c(c6-%18)C%17(c6ccc(OCCOCCOCCOC)cc6)n6c%10c-9c9c%12c%17c%10c%10c(c-%16c%11c-%13c%106)C%156C(C(=O)OCC)(C(=O)OCC)C%176c6c-%14c-8c2c(c6-%12)C42C(C(=O)OCC)(C(=O)OCC)C592)C713. The zero-order chi connectivity index (χ0) is 88.3. The summed E-state index contributed by atoms with van der Waals surface area (Å²) in [4.78, 5) is 185. The lowest BCUT2D eigenvalue weighted by Gasteiger charge is -2.44. The van der Waals surface area contributed by atoms with Crippen LogP contribution in [0.15, 0.2) is 35.4 Å². The van der Waals surface area contributed by atoms with Crippen molar-refractivity contribution in [1.29, 1.82) is 0 Å². The Kier molecular flexibility index (Phi) is 9.42. The number of hydrogen-bond donors (Lipinski definition) is 0. The highest BCUT2D eigenvalue weighted by atomic mass is 16.6. The minimum Gasteiger partial charge on any atom is -0.491 e. The number of carbonyl (C=O) groups is 10. The van der Waals surface area contributed by atoms with Crippen LogP contribution in [0.25, 0.3) is 144 Å². The Hall–Kier alpha value is -12.8. The molecule has 1 aromatic heterocycles. The molecule has 0 saturated heterocycles. The van der Waals surface area contributed by atoms with Crippen molar-refractivity contribution in [3.63, 3.8) is 0 Å². The Bertz CT molecular complexity index is 8600. The van der Waals surface area contributed by atoms with Crippen LogP contribution in [0.1, 0.15) is 186 Å². The van der Waals surface area contributed by atoms with E-state index in [0.717, 1.165) is 38.8 Å². The molecule has 646 valence electrons. The predicted molar refractivity (Wildman–Crippen MR) is 457 cm³/mol. The topological polar surface area (TPSA) is 305 Å². The number of esters is 10. The molecule has 28 aliphatic rings. The van der Waals surface area contributed by atoms with E-state index in [-0.39, 0.29) is 79.3 Å². The summed E-state index contributed by atoms with van der Waals surface area (Å²) in [7, 11) is 1.62. The Morgan fingerprint density at radius 1 is 0.250 bits per heavy atom. The average Bonchev–Trinajstić information content (AvgIpc) is 1.31. The van der Waals surface area contributed by atoms with Crippen molar-refractivity contribution in [2.45, 2.75) is 129 Å². The molecule has 9 aromatic carbocycles. The van der Waals surface area contributed by atoms with E-state index in [4.69, 9.17) is 66.3 Å². The van der Waals surface area contributed by atoms with Gasteiger partial charge in [-0.05, 0) is 309 Å². The highest BCUT2D eigenvalue weighted by molar-refractivity contribution is 6.52. The normalized spacial score (nSPS) is 31.5. The summed E-state index contributed by atoms with van der Waals surface area (Å²) in [5, 5.41) is 4.00. The van der Waals surface area contributed by atoms with Crippen molar-refractivity contribution in [3.05, 3.63) is 152 Å². The Balaban J connectivity index is 0.862. The van der Waals surface area contributed by atoms with Crippen LogP contribution in [0.3, 0.4) is 0 Å². The van der Waals surface area contributed by atoms with Gasteiger partial charge in [0, 0.05) is 40.1 Å². The van der Waals surface area contributed by atoms with Crippen molar-refractivity contribution in [2.75, 3.05) is 113 Å². The molecule has 0 amide bonds. The first kappa shape index (κ1) is 69.1. The molecule has 26 aliphatic carbocycles. The third kappa shape index (κ3) is 4.18. The number of aromatic nitrogens is 1. The molecule has 132 heavy (non-hydrogen) atoms. The van der Waals surface area contributed by atoms with E-state index in [0.29, 0.717) is 265 Å². The summed E-state index contributed by atoms with van der Waals surface area (Å²) in [6.45, 7) is 17.0. The Labute approximate surface area is 744 Å². The van der Waals surface area contributed by atoms with Gasteiger partial charge in [-0.3, -0.25) is 47.9 Å². The molecule has 38 rings (SSSR count). The minimum atomic E-state index is -2.65. The van der Waals surface area contributed by atoms with Crippen LogP contribution < -0.4 is 4.74 Å². The molecule has 25 nitrogen and oxygen atoms in total. The monoisotopic (exact) mass is 1750 g/mol. The van der Waals surface area contributed by atoms with Gasteiger partial charge >= 0.3 is 59.7 Å². The highest BCUT2D eigenvalue weighted by Crippen LogP contribution is 3.15. The first-order valence-electron chi connectivity index (χ1n) is 47.4. The first-order chi connectivity index (χ1) is 64.4. The smallest absolute Gasteiger partial charge is 0.326 e. The van der Waals surface area contributed by atoms with Gasteiger partial charge in [0.2, 0.25) is 0 Å². The number of nitrogens with zero attached hydrogens (tertiary/aromatic N) is 1. The lowest BCUT2D eigenvalue weighted by atomic mass is 9.58. The number of ether oxygens (including phenoxy) is 14. The second kappa shape index (κ2) is 18.0. The number of rotatable bonds is 31. The number of hydrogen-bond acceptors (Lipinski definition) is 24. The van der Waals surface area contributed by atoms with Gasteiger partial charge in [-0.25, -0.2) is 0 Å². The van der Waals surface area contributed by atoms with Gasteiger partial charge in [0.25, 0.3) is 0 Å². The second-order valence-corrected chi connectivity index (χ2v) is 41.0. The number of methoxy groups -OCH3 is 1. The van der Waals surface area contributed by atoms with Gasteiger partial charge in [-0.1, -0.05) is 12.1 Å². The van der Waals surface area contributed by atoms with Crippen molar-refractivity contribution in [2.24, 2.45) is 27.1 Å². The number of benzene rings is 9. The molecule has 11 unspecified atom stereocenters. The van der Waals surface area contributed by atoms with E-state index >= 15 is 47.9 Å². The molecule has 10 aromatic rings. The van der Waals surface area contributed by atoms with Gasteiger partial charge in [0.05, 0.1) is 164 Å². The van der Waals surface area contributed by atoms with Gasteiger partial charge in [-0.15, -0.1) is 0 Å². The molecule has 0 N–H and O–H groups in total. The van der Waals surface area contributed by atoms with Crippen molar-refractivity contribution >= 4 is 114 Å². The van der Waals surface area contributed by atoms with E-state index in [1.165, 1.54) is 0 Å². The van der Waals surface area contributed by atoms with E-state index in [9.17, 15) is 0 Å². The summed E-state index contributed by atoms with van der Waals surface area (Å²) >= 11 is 0. The first-order valence-corrected chi connectivity index (χ1v) is 47.4. The average molecular weight is 1750 g/mol. The van der Waals surface area contributed by atoms with Crippen LogP contribution in [-0.2, 0) is 169 Å². The zero-order valence-corrected chi connectivity index (χ0v) is 72.9. The summed E-state index contributed by atoms with van der Waals surface area (Å²) in [6, 6.07) is 8.20. The van der Waals surface area contributed by atoms with Crippen LogP contribution in [0.2, 0.25) is 0 Å². The molecular weight excluding hydrogens is 1680 g/mol. The Morgan fingerprint density at radius 3 is 1.02 bits per heavy atom. The zero-order valence-electron chi connectivity index (χ0n) is 72.9. The maximum atomic E-state index is 18.6. The van der Waals surface area contributed by atoms with Crippen LogP contribution in [0, 0.1) is 27.1 Å². The van der Waals surface area contributed by atoms with Crippen molar-refractivity contribution < 1.29 is 114 Å². The van der Waals surface area contributed by atoms with Gasteiger partial charge < -0.3 is 70.9 Å². The molecule has 0 bridgehead atoms. The van der Waals surface area contributed by atoms with Crippen LogP contribution in [-0.4, -0.2) is 177 Å². The predicted octanol–water partition coefficient (Wildman–Crippen LogP) is 11.0. The molecule has 3 heterocycles. The maximum absolute atomic E-state index is 18.6. The van der Waals surface area contributed by atoms with Crippen molar-refractivity contribution in [3.8, 4) is 94.8 Å². The molecule has 2 aliphatic heterocycles. The third-order valence-electron chi connectivity index (χ3n) is 40.5. The van der Waals surface area contributed by atoms with E-state index < -0.39 is 146 Å². The maximum Gasteiger partial charge on any atom is 0.326 e. The summed E-state index contributed by atoms with van der Waals surface area (Å²) in [5.41, 5.74) is -8.64. The quantitative estimate of drug-likeness (QED) is 0.0128. The summed E-state index contributed by atoms with van der Waals surface area (Å²) in [6.07, 6.45) is 0. The van der Waals surface area contributed by atoms with E-state index in [2.05, 4.69) is 16.7 Å². The summed E-state index contributed by atoms with van der Waals surface area (Å²) in [5.74, 6) is -8.33. The van der Waals surface area contributed by atoms with Gasteiger partial charge in [0.1, 0.15) is 17.9 Å². The van der Waals surface area contributed by atoms with Gasteiger partial charge in [-0.2, -0.15) is 0 Å². The lowest BCUT2D eigenvalue weighted by molar-refractivity contribution is -0.168. The fourth-order valence-electron chi connectivity index (χ4n) is 40.8. The largest absolute Gasteiger partial charge is 0.491 e. The highest BCUT2D eigenvalue weighted by Gasteiger charge is 3.19. The van der Waals surface area contributed by atoms with Gasteiger partial charge in [0.15, 0.2) is 27.1 Å². The van der Waals surface area contributed by atoms with Crippen molar-refractivity contribution in [1.82, 2.24) is 4.57 Å².